The molecular formula is C29H41NO5. The lowest BCUT2D eigenvalue weighted by molar-refractivity contribution is -0.136. The van der Waals surface area contributed by atoms with E-state index in [4.69, 9.17) is 14.2 Å². The van der Waals surface area contributed by atoms with E-state index < -0.39 is 0 Å². The van der Waals surface area contributed by atoms with Crippen molar-refractivity contribution in [1.82, 2.24) is 4.90 Å². The molecule has 6 heteroatoms. The molecule has 1 aliphatic rings. The van der Waals surface area contributed by atoms with Gasteiger partial charge in [0.1, 0.15) is 5.75 Å². The normalized spacial score (nSPS) is 13.9. The number of carbonyl (C=O) groups is 1. The van der Waals surface area contributed by atoms with Gasteiger partial charge in [-0.2, -0.15) is 0 Å². The Hall–Kier alpha value is -2.89. The van der Waals surface area contributed by atoms with Crippen LogP contribution in [0.5, 0.6) is 23.0 Å². The summed E-state index contributed by atoms with van der Waals surface area (Å²) in [5.41, 5.74) is 2.14. The van der Waals surface area contributed by atoms with Crippen LogP contribution in [0.4, 0.5) is 0 Å². The maximum absolute atomic E-state index is 13.4. The number of hydrogen-bond donors (Lipinski definition) is 1. The molecule has 3 rings (SSSR count). The van der Waals surface area contributed by atoms with Crippen molar-refractivity contribution < 1.29 is 24.1 Å². The van der Waals surface area contributed by atoms with E-state index in [1.165, 1.54) is 5.56 Å². The van der Waals surface area contributed by atoms with Crippen molar-refractivity contribution in [2.75, 3.05) is 26.9 Å². The summed E-state index contributed by atoms with van der Waals surface area (Å²) in [7, 11) is 1.69. The van der Waals surface area contributed by atoms with Gasteiger partial charge >= 0.3 is 0 Å². The minimum absolute atomic E-state index is 0.0421. The van der Waals surface area contributed by atoms with Gasteiger partial charge in [0.25, 0.3) is 0 Å². The number of unbranched alkanes of at least 4 members (excludes halogenated alkanes) is 2. The highest BCUT2D eigenvalue weighted by Crippen LogP contribution is 2.39. The van der Waals surface area contributed by atoms with Gasteiger partial charge in [0.15, 0.2) is 11.5 Å². The van der Waals surface area contributed by atoms with Crippen molar-refractivity contribution >= 4 is 5.91 Å². The maximum Gasteiger partial charge on any atom is 0.225 e. The second-order valence-electron chi connectivity index (χ2n) is 9.96. The third-order valence-corrected chi connectivity index (χ3v) is 6.32. The molecular weight excluding hydrogens is 442 g/mol. The summed E-state index contributed by atoms with van der Waals surface area (Å²) in [5, 5.41) is 10.5. The number of rotatable bonds is 12. The van der Waals surface area contributed by atoms with Gasteiger partial charge in [-0.25, -0.2) is 0 Å². The molecule has 35 heavy (non-hydrogen) atoms. The van der Waals surface area contributed by atoms with Crippen LogP contribution >= 0.6 is 0 Å². The number of methoxy groups -OCH3 is 1. The molecule has 1 N–H and O–H groups in total. The molecule has 1 aliphatic heterocycles. The summed E-state index contributed by atoms with van der Waals surface area (Å²) in [5.74, 6) is 2.39. The van der Waals surface area contributed by atoms with Crippen molar-refractivity contribution in [3.63, 3.8) is 0 Å². The number of phenolic OH excluding ortho intramolecular Hbond substituents is 1. The Labute approximate surface area is 210 Å². The number of benzene rings is 2. The Balaban J connectivity index is 1.53. The molecule has 2 aromatic carbocycles. The zero-order chi connectivity index (χ0) is 25.2. The third kappa shape index (κ3) is 8.08. The van der Waals surface area contributed by atoms with Crippen molar-refractivity contribution in [2.24, 2.45) is 11.8 Å². The van der Waals surface area contributed by atoms with E-state index in [1.807, 2.05) is 30.0 Å². The zero-order valence-electron chi connectivity index (χ0n) is 21.7. The van der Waals surface area contributed by atoms with Gasteiger partial charge < -0.3 is 24.2 Å². The fourth-order valence-electron chi connectivity index (χ4n) is 4.51. The molecule has 6 nitrogen and oxygen atoms in total. The van der Waals surface area contributed by atoms with E-state index in [1.54, 1.807) is 13.2 Å². The highest BCUT2D eigenvalue weighted by atomic mass is 16.5. The van der Waals surface area contributed by atoms with Crippen molar-refractivity contribution in [1.29, 1.82) is 0 Å². The van der Waals surface area contributed by atoms with Crippen molar-refractivity contribution in [3.05, 3.63) is 47.5 Å². The topological polar surface area (TPSA) is 68.2 Å². The minimum Gasteiger partial charge on any atom is -0.504 e. The van der Waals surface area contributed by atoms with E-state index in [-0.39, 0.29) is 17.6 Å². The standard InChI is InChI=1S/C29H41NO5/c1-21(2)19-30(20-24-17-26(31)28-27(18-24)34-14-9-15-35-28)29(32)22(3)10-6-5-7-11-23-12-8-13-25(16-23)33-4/h8,12-13,16-18,21-22,31H,5-7,9-11,14-15,19-20H2,1-4H3. The Morgan fingerprint density at radius 3 is 2.63 bits per heavy atom. The van der Waals surface area contributed by atoms with Gasteiger partial charge in [-0.1, -0.05) is 45.7 Å². The number of amides is 1. The average Bonchev–Trinajstić information content (AvgIpc) is 3.08. The van der Waals surface area contributed by atoms with Crippen LogP contribution in [0.3, 0.4) is 0 Å². The first-order valence-corrected chi connectivity index (χ1v) is 12.9. The highest BCUT2D eigenvalue weighted by molar-refractivity contribution is 5.78. The predicted molar refractivity (Wildman–Crippen MR) is 138 cm³/mol. The summed E-state index contributed by atoms with van der Waals surface area (Å²) in [4.78, 5) is 15.3. The number of fused-ring (bicyclic) bond motifs is 1. The monoisotopic (exact) mass is 483 g/mol. The molecule has 0 aromatic heterocycles. The first kappa shape index (κ1) is 26.7. The summed E-state index contributed by atoms with van der Waals surface area (Å²) in [6.07, 6.45) is 5.88. The predicted octanol–water partition coefficient (Wildman–Crippen LogP) is 5.99. The van der Waals surface area contributed by atoms with Gasteiger partial charge in [0.05, 0.1) is 20.3 Å². The molecule has 0 saturated carbocycles. The van der Waals surface area contributed by atoms with E-state index in [0.29, 0.717) is 43.7 Å². The molecule has 1 amide bonds. The van der Waals surface area contributed by atoms with Crippen LogP contribution in [0.2, 0.25) is 0 Å². The van der Waals surface area contributed by atoms with Crippen LogP contribution in [0, 0.1) is 11.8 Å². The molecule has 0 radical (unpaired) electrons. The van der Waals surface area contributed by atoms with Crippen LogP contribution in [0.25, 0.3) is 0 Å². The SMILES string of the molecule is COc1cccc(CCCCCC(C)C(=O)N(Cc2cc(O)c3c(c2)OCCCO3)CC(C)C)c1. The summed E-state index contributed by atoms with van der Waals surface area (Å²) in [6.45, 7) is 8.47. The van der Waals surface area contributed by atoms with Crippen LogP contribution in [-0.4, -0.2) is 42.8 Å². The molecule has 0 fully saturated rings. The van der Waals surface area contributed by atoms with Crippen LogP contribution < -0.4 is 14.2 Å². The van der Waals surface area contributed by atoms with Crippen LogP contribution in [-0.2, 0) is 17.8 Å². The van der Waals surface area contributed by atoms with Crippen LogP contribution in [0.1, 0.15) is 64.0 Å². The summed E-state index contributed by atoms with van der Waals surface area (Å²) >= 11 is 0. The van der Waals surface area contributed by atoms with Gasteiger partial charge in [0, 0.05) is 25.4 Å². The molecule has 192 valence electrons. The molecule has 0 aliphatic carbocycles. The molecule has 2 aromatic rings. The number of hydrogen-bond acceptors (Lipinski definition) is 5. The molecule has 1 atom stereocenters. The van der Waals surface area contributed by atoms with Crippen molar-refractivity contribution in [3.8, 4) is 23.0 Å². The van der Waals surface area contributed by atoms with Crippen LogP contribution in [0.15, 0.2) is 36.4 Å². The van der Waals surface area contributed by atoms with Gasteiger partial charge in [-0.05, 0) is 60.6 Å². The molecule has 0 bridgehead atoms. The first-order valence-electron chi connectivity index (χ1n) is 12.9. The number of aromatic hydroxyl groups is 1. The average molecular weight is 484 g/mol. The minimum atomic E-state index is -0.0421. The van der Waals surface area contributed by atoms with E-state index >= 15 is 0 Å². The number of ether oxygens (including phenoxy) is 3. The molecule has 1 heterocycles. The lowest BCUT2D eigenvalue weighted by Gasteiger charge is -2.28. The first-order chi connectivity index (χ1) is 16.9. The quantitative estimate of drug-likeness (QED) is 0.376. The molecule has 0 saturated heterocycles. The van der Waals surface area contributed by atoms with Gasteiger partial charge in [-0.15, -0.1) is 0 Å². The number of carbonyl (C=O) groups excluding carboxylic acids is 1. The Morgan fingerprint density at radius 2 is 1.86 bits per heavy atom. The molecule has 0 spiro atoms. The number of nitrogens with zero attached hydrogens (tertiary/aromatic N) is 1. The van der Waals surface area contributed by atoms with Gasteiger partial charge in [0.2, 0.25) is 11.7 Å². The zero-order valence-corrected chi connectivity index (χ0v) is 21.7. The van der Waals surface area contributed by atoms with E-state index in [9.17, 15) is 9.90 Å². The number of phenols is 1. The maximum atomic E-state index is 13.4. The smallest absolute Gasteiger partial charge is 0.225 e. The Bertz CT molecular complexity index is 958. The largest absolute Gasteiger partial charge is 0.504 e. The van der Waals surface area contributed by atoms with E-state index in [0.717, 1.165) is 49.8 Å². The summed E-state index contributed by atoms with van der Waals surface area (Å²) in [6, 6.07) is 11.8. The van der Waals surface area contributed by atoms with E-state index in [2.05, 4.69) is 26.0 Å². The second kappa shape index (κ2) is 13.3. The van der Waals surface area contributed by atoms with Gasteiger partial charge in [-0.3, -0.25) is 4.79 Å². The van der Waals surface area contributed by atoms with Crippen molar-refractivity contribution in [2.45, 2.75) is 65.8 Å². The third-order valence-electron chi connectivity index (χ3n) is 6.32. The lowest BCUT2D eigenvalue weighted by atomic mass is 9.99. The lowest BCUT2D eigenvalue weighted by Crippen LogP contribution is -2.37. The highest BCUT2D eigenvalue weighted by Gasteiger charge is 2.23. The fourth-order valence-corrected chi connectivity index (χ4v) is 4.51. The molecule has 1 unspecified atom stereocenters. The number of aryl methyl sites for hydroxylation is 1. The summed E-state index contributed by atoms with van der Waals surface area (Å²) < 4.78 is 16.7. The Kier molecular flexibility index (Phi) is 10.1. The second-order valence-corrected chi connectivity index (χ2v) is 9.96. The fraction of sp³-hybridized carbons (Fsp3) is 0.552. The Morgan fingerprint density at radius 1 is 1.06 bits per heavy atom.